The first-order chi connectivity index (χ1) is 24.0. The van der Waals surface area contributed by atoms with E-state index in [4.69, 9.17) is 4.74 Å². The summed E-state index contributed by atoms with van der Waals surface area (Å²) in [4.78, 5) is 28.3. The van der Waals surface area contributed by atoms with Gasteiger partial charge in [0.1, 0.15) is 28.7 Å². The largest absolute Gasteiger partial charge is 0.449 e. The Kier molecular flexibility index (Phi) is 11.1. The molecule has 0 radical (unpaired) electrons. The molecule has 1 atom stereocenters. The SMILES string of the molecule is CCCCOC(=O)N1CCN(C(C)Cn2c(C#N)cc3c(C)c(CN4CCC(Nc5ncnc6sc(CC(F)(F)F)cc56)CC4)ccc32)CC1. The van der Waals surface area contributed by atoms with E-state index in [0.717, 1.165) is 80.6 Å². The minimum absolute atomic E-state index is 0.163. The summed E-state index contributed by atoms with van der Waals surface area (Å²) in [5.41, 5.74) is 4.11. The zero-order valence-corrected chi connectivity index (χ0v) is 29.7. The van der Waals surface area contributed by atoms with Crippen LogP contribution in [0.5, 0.6) is 0 Å². The number of nitrogens with zero attached hydrogens (tertiary/aromatic N) is 7. The van der Waals surface area contributed by atoms with Gasteiger partial charge in [-0.2, -0.15) is 18.4 Å². The molecule has 1 N–H and O–H groups in total. The Labute approximate surface area is 294 Å². The summed E-state index contributed by atoms with van der Waals surface area (Å²) in [7, 11) is 0. The molecule has 0 bridgehead atoms. The molecule has 50 heavy (non-hydrogen) atoms. The number of halogens is 3. The summed E-state index contributed by atoms with van der Waals surface area (Å²) in [6.07, 6.45) is -0.409. The van der Waals surface area contributed by atoms with Crippen LogP contribution in [0.15, 0.2) is 30.6 Å². The average Bonchev–Trinajstić information content (AvgIpc) is 3.67. The molecular weight excluding hydrogens is 666 g/mol. The fourth-order valence-corrected chi connectivity index (χ4v) is 8.10. The van der Waals surface area contributed by atoms with E-state index in [1.54, 1.807) is 11.0 Å². The number of fused-ring (bicyclic) bond motifs is 2. The van der Waals surface area contributed by atoms with Gasteiger partial charge in [0, 0.05) is 80.2 Å². The second-order valence-electron chi connectivity index (χ2n) is 13.5. The number of piperidine rings is 1. The Morgan fingerprint density at radius 1 is 1.12 bits per heavy atom. The first kappa shape index (κ1) is 35.9. The number of thiophene rings is 1. The standard InChI is InChI=1S/C36H45F3N8O2S/c1-4-5-16-49-35(48)46-14-12-45(13-15-46)24(2)21-47-28(20-40)17-30-25(3)26(6-7-32(30)47)22-44-10-8-27(9-11-44)43-33-31-18-29(19-36(37,38)39)50-34(31)42-23-41-33/h6-7,17-18,23-24,27H,4-5,8-16,19,21-22H2,1-3H3,(H,41,42,43). The Bertz CT molecular complexity index is 1830. The van der Waals surface area contributed by atoms with Crippen LogP contribution in [0.25, 0.3) is 21.1 Å². The van der Waals surface area contributed by atoms with Gasteiger partial charge in [-0.05, 0) is 62.4 Å². The number of nitrogens with one attached hydrogen (secondary N) is 1. The second-order valence-corrected chi connectivity index (χ2v) is 14.6. The number of aromatic nitrogens is 3. The lowest BCUT2D eigenvalue weighted by Crippen LogP contribution is -2.52. The molecule has 2 saturated heterocycles. The fourth-order valence-electron chi connectivity index (χ4n) is 7.08. The van der Waals surface area contributed by atoms with Crippen LogP contribution in [0, 0.1) is 18.3 Å². The summed E-state index contributed by atoms with van der Waals surface area (Å²) in [5, 5.41) is 15.3. The number of benzene rings is 1. The van der Waals surface area contributed by atoms with Gasteiger partial charge in [0.05, 0.1) is 18.4 Å². The van der Waals surface area contributed by atoms with Crippen molar-refractivity contribution in [3.63, 3.8) is 0 Å². The molecule has 5 heterocycles. The van der Waals surface area contributed by atoms with Crippen LogP contribution in [0.3, 0.4) is 0 Å². The molecule has 3 aromatic heterocycles. The summed E-state index contributed by atoms with van der Waals surface area (Å²) in [6, 6.07) is 10.6. The van der Waals surface area contributed by atoms with E-state index in [0.29, 0.717) is 48.0 Å². The van der Waals surface area contributed by atoms with Gasteiger partial charge >= 0.3 is 12.3 Å². The van der Waals surface area contributed by atoms with E-state index in [1.807, 2.05) is 6.07 Å². The van der Waals surface area contributed by atoms with Crippen molar-refractivity contribution < 1.29 is 22.7 Å². The van der Waals surface area contributed by atoms with Gasteiger partial charge in [-0.15, -0.1) is 11.3 Å². The van der Waals surface area contributed by atoms with Crippen molar-refractivity contribution >= 4 is 44.4 Å². The van der Waals surface area contributed by atoms with E-state index in [2.05, 4.69) is 68.6 Å². The lowest BCUT2D eigenvalue weighted by atomic mass is 10.0. The van der Waals surface area contributed by atoms with E-state index in [9.17, 15) is 23.2 Å². The second kappa shape index (κ2) is 15.5. The molecule has 1 amide bonds. The molecule has 10 nitrogen and oxygen atoms in total. The predicted octanol–water partition coefficient (Wildman–Crippen LogP) is 6.95. The molecule has 1 unspecified atom stereocenters. The highest BCUT2D eigenvalue weighted by Crippen LogP contribution is 2.33. The summed E-state index contributed by atoms with van der Waals surface area (Å²) in [5.74, 6) is 0.594. The number of anilines is 1. The van der Waals surface area contributed by atoms with Crippen LogP contribution < -0.4 is 5.32 Å². The normalized spacial score (nSPS) is 17.3. The number of ether oxygens (including phenoxy) is 1. The number of carbonyl (C=O) groups is 1. The number of hydrogen-bond acceptors (Lipinski definition) is 9. The van der Waals surface area contributed by atoms with Gasteiger partial charge in [-0.3, -0.25) is 9.80 Å². The molecule has 1 aromatic carbocycles. The van der Waals surface area contributed by atoms with E-state index < -0.39 is 12.6 Å². The fraction of sp³-hybridized carbons (Fsp3) is 0.556. The number of amides is 1. The third kappa shape index (κ3) is 8.33. The van der Waals surface area contributed by atoms with E-state index >= 15 is 0 Å². The zero-order valence-electron chi connectivity index (χ0n) is 28.9. The predicted molar refractivity (Wildman–Crippen MR) is 189 cm³/mol. The van der Waals surface area contributed by atoms with Crippen molar-refractivity contribution in [1.82, 2.24) is 29.2 Å². The number of likely N-dealkylation sites (tertiary alicyclic amines) is 1. The lowest BCUT2D eigenvalue weighted by Gasteiger charge is -2.37. The number of carbonyl (C=O) groups excluding carboxylic acids is 1. The highest BCUT2D eigenvalue weighted by Gasteiger charge is 2.30. The van der Waals surface area contributed by atoms with Crippen molar-refractivity contribution in [3.8, 4) is 6.07 Å². The molecular formula is C36H45F3N8O2S. The molecule has 2 fully saturated rings. The van der Waals surface area contributed by atoms with Crippen molar-refractivity contribution in [1.29, 1.82) is 5.26 Å². The molecule has 2 aliphatic rings. The van der Waals surface area contributed by atoms with Gasteiger partial charge in [-0.25, -0.2) is 14.8 Å². The molecule has 2 aliphatic heterocycles. The maximum absolute atomic E-state index is 13.0. The molecule has 6 rings (SSSR count). The van der Waals surface area contributed by atoms with Crippen LogP contribution in [-0.2, 0) is 24.2 Å². The Hall–Kier alpha value is -3.93. The maximum atomic E-state index is 13.0. The van der Waals surface area contributed by atoms with Crippen LogP contribution >= 0.6 is 11.3 Å². The maximum Gasteiger partial charge on any atom is 0.409 e. The number of hydrogen-bond donors (Lipinski definition) is 1. The first-order valence-corrected chi connectivity index (χ1v) is 18.3. The average molecular weight is 711 g/mol. The summed E-state index contributed by atoms with van der Waals surface area (Å²) >= 11 is 1.06. The summed E-state index contributed by atoms with van der Waals surface area (Å²) < 4.78 is 46.4. The third-order valence-electron chi connectivity index (χ3n) is 10.0. The van der Waals surface area contributed by atoms with Gasteiger partial charge in [0.15, 0.2) is 0 Å². The van der Waals surface area contributed by atoms with Gasteiger partial charge in [-0.1, -0.05) is 19.4 Å². The first-order valence-electron chi connectivity index (χ1n) is 17.5. The van der Waals surface area contributed by atoms with Crippen LogP contribution in [0.4, 0.5) is 23.8 Å². The highest BCUT2D eigenvalue weighted by molar-refractivity contribution is 7.18. The molecule has 4 aromatic rings. The quantitative estimate of drug-likeness (QED) is 0.167. The Balaban J connectivity index is 1.05. The Morgan fingerprint density at radius 3 is 2.58 bits per heavy atom. The van der Waals surface area contributed by atoms with Gasteiger partial charge in [0.25, 0.3) is 0 Å². The number of alkyl halides is 3. The van der Waals surface area contributed by atoms with Gasteiger partial charge < -0.3 is 19.5 Å². The van der Waals surface area contributed by atoms with E-state index in [1.165, 1.54) is 17.5 Å². The number of nitriles is 1. The molecule has 0 saturated carbocycles. The highest BCUT2D eigenvalue weighted by atomic mass is 32.1. The Morgan fingerprint density at radius 2 is 1.88 bits per heavy atom. The number of piperazine rings is 1. The minimum atomic E-state index is -4.26. The van der Waals surface area contributed by atoms with Crippen LogP contribution in [-0.4, -0.2) is 99.5 Å². The molecule has 14 heteroatoms. The molecule has 0 spiro atoms. The van der Waals surface area contributed by atoms with Crippen molar-refractivity contribution in [2.45, 2.75) is 84.2 Å². The smallest absolute Gasteiger partial charge is 0.409 e. The lowest BCUT2D eigenvalue weighted by molar-refractivity contribution is -0.126. The number of aryl methyl sites for hydroxylation is 1. The van der Waals surface area contributed by atoms with Crippen molar-refractivity contribution in [2.24, 2.45) is 0 Å². The topological polar surface area (TPSA) is 103 Å². The molecule has 0 aliphatic carbocycles. The minimum Gasteiger partial charge on any atom is -0.449 e. The number of rotatable bonds is 11. The third-order valence-corrected chi connectivity index (χ3v) is 11.1. The van der Waals surface area contributed by atoms with Crippen molar-refractivity contribution in [3.05, 3.63) is 52.3 Å². The van der Waals surface area contributed by atoms with Gasteiger partial charge in [0.2, 0.25) is 0 Å². The van der Waals surface area contributed by atoms with Crippen LogP contribution in [0.1, 0.15) is 61.2 Å². The summed E-state index contributed by atoms with van der Waals surface area (Å²) in [6.45, 7) is 12.9. The van der Waals surface area contributed by atoms with Crippen LogP contribution in [0.2, 0.25) is 0 Å². The van der Waals surface area contributed by atoms with E-state index in [-0.39, 0.29) is 23.1 Å². The monoisotopic (exact) mass is 710 g/mol. The van der Waals surface area contributed by atoms with Crippen molar-refractivity contribution in [2.75, 3.05) is 51.2 Å². The molecule has 268 valence electrons. The number of unbranched alkanes of at least 4 members (excludes halogenated alkanes) is 1. The zero-order chi connectivity index (χ0) is 35.4.